The highest BCUT2D eigenvalue weighted by Gasteiger charge is 2.31. The van der Waals surface area contributed by atoms with Crippen LogP contribution in [0.2, 0.25) is 0 Å². The molecule has 3 heteroatoms. The molecule has 4 rings (SSSR count). The highest BCUT2D eigenvalue weighted by molar-refractivity contribution is 5.84. The predicted molar refractivity (Wildman–Crippen MR) is 109 cm³/mol. The number of carbonyl (C=O) groups is 1. The Hall–Kier alpha value is -2.65. The van der Waals surface area contributed by atoms with Gasteiger partial charge in [0.25, 0.3) is 0 Å². The molecular formula is C24H25NO2. The number of aliphatic hydroxyl groups excluding tert-OH is 1. The minimum atomic E-state index is -0.553. The lowest BCUT2D eigenvalue weighted by Gasteiger charge is -2.33. The summed E-state index contributed by atoms with van der Waals surface area (Å²) in [6.07, 6.45) is 5.62. The zero-order valence-corrected chi connectivity index (χ0v) is 15.4. The Morgan fingerprint density at radius 3 is 2.15 bits per heavy atom. The van der Waals surface area contributed by atoms with E-state index >= 15 is 0 Å². The molecule has 27 heavy (non-hydrogen) atoms. The van der Waals surface area contributed by atoms with Gasteiger partial charge in [-0.1, -0.05) is 72.8 Å². The SMILES string of the molecule is O=C(C1CC(c2ccccc2)=C[C@@H](O)C1)N1CC=C(c2ccccc2)CC1. The largest absolute Gasteiger partial charge is 0.389 e. The highest BCUT2D eigenvalue weighted by atomic mass is 16.3. The Bertz CT molecular complexity index is 854. The summed E-state index contributed by atoms with van der Waals surface area (Å²) >= 11 is 0. The molecule has 1 aliphatic heterocycles. The number of amides is 1. The van der Waals surface area contributed by atoms with Gasteiger partial charge in [0.15, 0.2) is 0 Å². The van der Waals surface area contributed by atoms with E-state index in [1.807, 2.05) is 47.4 Å². The van der Waals surface area contributed by atoms with Crippen molar-refractivity contribution in [3.8, 4) is 0 Å². The van der Waals surface area contributed by atoms with Crippen molar-refractivity contribution in [3.63, 3.8) is 0 Å². The van der Waals surface area contributed by atoms with Gasteiger partial charge >= 0.3 is 0 Å². The average Bonchev–Trinajstić information content (AvgIpc) is 2.74. The van der Waals surface area contributed by atoms with Crippen molar-refractivity contribution in [2.45, 2.75) is 25.4 Å². The molecule has 2 aromatic carbocycles. The van der Waals surface area contributed by atoms with E-state index in [1.54, 1.807) is 0 Å². The molecule has 2 aromatic rings. The number of carbonyl (C=O) groups excluding carboxylic acids is 1. The number of hydrogen-bond donors (Lipinski definition) is 1. The van der Waals surface area contributed by atoms with Crippen molar-refractivity contribution >= 4 is 17.1 Å². The van der Waals surface area contributed by atoms with Crippen LogP contribution >= 0.6 is 0 Å². The van der Waals surface area contributed by atoms with E-state index in [4.69, 9.17) is 0 Å². The minimum absolute atomic E-state index is 0.146. The van der Waals surface area contributed by atoms with Gasteiger partial charge in [0, 0.05) is 19.0 Å². The van der Waals surface area contributed by atoms with Gasteiger partial charge in [-0.25, -0.2) is 0 Å². The second-order valence-electron chi connectivity index (χ2n) is 7.39. The monoisotopic (exact) mass is 359 g/mol. The molecule has 0 saturated heterocycles. The molecule has 2 atom stereocenters. The lowest BCUT2D eigenvalue weighted by atomic mass is 9.83. The van der Waals surface area contributed by atoms with E-state index in [0.717, 1.165) is 24.1 Å². The fourth-order valence-electron chi connectivity index (χ4n) is 4.10. The number of allylic oxidation sites excluding steroid dienone is 1. The third-order valence-electron chi connectivity index (χ3n) is 5.55. The first-order chi connectivity index (χ1) is 13.2. The topological polar surface area (TPSA) is 40.5 Å². The third kappa shape index (κ3) is 4.04. The Balaban J connectivity index is 1.44. The summed E-state index contributed by atoms with van der Waals surface area (Å²) in [6.45, 7) is 1.40. The van der Waals surface area contributed by atoms with E-state index in [-0.39, 0.29) is 11.8 Å². The number of benzene rings is 2. The molecule has 1 N–H and O–H groups in total. The smallest absolute Gasteiger partial charge is 0.226 e. The van der Waals surface area contributed by atoms with Crippen LogP contribution in [-0.2, 0) is 4.79 Å². The van der Waals surface area contributed by atoms with Crippen LogP contribution < -0.4 is 0 Å². The first kappa shape index (κ1) is 17.7. The maximum atomic E-state index is 13.1. The van der Waals surface area contributed by atoms with Gasteiger partial charge < -0.3 is 10.0 Å². The van der Waals surface area contributed by atoms with Gasteiger partial charge in [0.1, 0.15) is 0 Å². The van der Waals surface area contributed by atoms with Crippen molar-refractivity contribution in [2.75, 3.05) is 13.1 Å². The van der Waals surface area contributed by atoms with Crippen LogP contribution in [0.1, 0.15) is 30.4 Å². The normalized spacial score (nSPS) is 22.8. The Morgan fingerprint density at radius 2 is 1.56 bits per heavy atom. The third-order valence-corrected chi connectivity index (χ3v) is 5.55. The van der Waals surface area contributed by atoms with Gasteiger partial charge in [-0.3, -0.25) is 4.79 Å². The first-order valence-corrected chi connectivity index (χ1v) is 9.68. The molecule has 1 unspecified atom stereocenters. The first-order valence-electron chi connectivity index (χ1n) is 9.68. The molecule has 0 fully saturated rings. The summed E-state index contributed by atoms with van der Waals surface area (Å²) in [6, 6.07) is 20.4. The lowest BCUT2D eigenvalue weighted by molar-refractivity contribution is -0.136. The molecule has 3 nitrogen and oxygen atoms in total. The van der Waals surface area contributed by atoms with Crippen LogP contribution in [0.4, 0.5) is 0 Å². The predicted octanol–water partition coefficient (Wildman–Crippen LogP) is 4.16. The number of aliphatic hydroxyl groups is 1. The molecule has 2 aliphatic rings. The summed E-state index contributed by atoms with van der Waals surface area (Å²) in [4.78, 5) is 15.0. The van der Waals surface area contributed by atoms with Crippen LogP contribution in [-0.4, -0.2) is 35.1 Å². The van der Waals surface area contributed by atoms with Crippen molar-refractivity contribution in [1.82, 2.24) is 4.90 Å². The van der Waals surface area contributed by atoms with Crippen LogP contribution in [0.15, 0.2) is 72.8 Å². The van der Waals surface area contributed by atoms with Crippen LogP contribution in [0.5, 0.6) is 0 Å². The van der Waals surface area contributed by atoms with Gasteiger partial charge in [-0.2, -0.15) is 0 Å². The maximum absolute atomic E-state index is 13.1. The van der Waals surface area contributed by atoms with Crippen molar-refractivity contribution in [2.24, 2.45) is 5.92 Å². The molecule has 0 bridgehead atoms. The second kappa shape index (κ2) is 7.93. The Kier molecular flexibility index (Phi) is 5.21. The summed E-state index contributed by atoms with van der Waals surface area (Å²) < 4.78 is 0. The molecule has 1 amide bonds. The van der Waals surface area contributed by atoms with E-state index in [9.17, 15) is 9.90 Å². The molecular weight excluding hydrogens is 334 g/mol. The van der Waals surface area contributed by atoms with Crippen molar-refractivity contribution < 1.29 is 9.90 Å². The maximum Gasteiger partial charge on any atom is 0.226 e. The zero-order chi connectivity index (χ0) is 18.6. The molecule has 0 radical (unpaired) electrons. The molecule has 1 aliphatic carbocycles. The van der Waals surface area contributed by atoms with E-state index in [1.165, 1.54) is 11.1 Å². The van der Waals surface area contributed by atoms with E-state index in [2.05, 4.69) is 30.3 Å². The average molecular weight is 359 g/mol. The summed E-state index contributed by atoms with van der Waals surface area (Å²) in [5, 5.41) is 10.3. The van der Waals surface area contributed by atoms with Gasteiger partial charge in [-0.05, 0) is 41.5 Å². The number of hydrogen-bond acceptors (Lipinski definition) is 2. The van der Waals surface area contributed by atoms with E-state index in [0.29, 0.717) is 19.4 Å². The fourth-order valence-corrected chi connectivity index (χ4v) is 4.10. The summed E-state index contributed by atoms with van der Waals surface area (Å²) in [5.41, 5.74) is 4.73. The molecule has 0 saturated carbocycles. The Labute approximate surface area is 160 Å². The van der Waals surface area contributed by atoms with Crippen molar-refractivity contribution in [1.29, 1.82) is 0 Å². The zero-order valence-electron chi connectivity index (χ0n) is 15.4. The second-order valence-corrected chi connectivity index (χ2v) is 7.39. The molecule has 138 valence electrons. The molecule has 0 aromatic heterocycles. The summed E-state index contributed by atoms with van der Waals surface area (Å²) in [7, 11) is 0. The Morgan fingerprint density at radius 1 is 0.926 bits per heavy atom. The molecule has 0 spiro atoms. The lowest BCUT2D eigenvalue weighted by Crippen LogP contribution is -2.40. The summed E-state index contributed by atoms with van der Waals surface area (Å²) in [5.74, 6) is 0.0193. The van der Waals surface area contributed by atoms with E-state index < -0.39 is 6.10 Å². The van der Waals surface area contributed by atoms with Crippen LogP contribution in [0.3, 0.4) is 0 Å². The van der Waals surface area contributed by atoms with Gasteiger partial charge in [-0.15, -0.1) is 0 Å². The van der Waals surface area contributed by atoms with Gasteiger partial charge in [0.2, 0.25) is 5.91 Å². The van der Waals surface area contributed by atoms with Crippen molar-refractivity contribution in [3.05, 3.63) is 83.9 Å². The van der Waals surface area contributed by atoms with Crippen LogP contribution in [0, 0.1) is 5.92 Å². The fraction of sp³-hybridized carbons (Fsp3) is 0.292. The highest BCUT2D eigenvalue weighted by Crippen LogP contribution is 2.33. The standard InChI is InChI=1S/C24H25NO2/c26-23-16-21(19-9-5-2-6-10-19)15-22(17-23)24(27)25-13-11-20(12-14-25)18-7-3-1-4-8-18/h1-11,16,22-23,26H,12-15,17H2/t22?,23-/m1/s1. The minimum Gasteiger partial charge on any atom is -0.389 e. The number of nitrogens with zero attached hydrogens (tertiary/aromatic N) is 1. The quantitative estimate of drug-likeness (QED) is 0.894. The van der Waals surface area contributed by atoms with Gasteiger partial charge in [0.05, 0.1) is 6.10 Å². The molecule has 1 heterocycles. The number of rotatable bonds is 3. The van der Waals surface area contributed by atoms with Crippen LogP contribution in [0.25, 0.3) is 11.1 Å².